The van der Waals surface area contributed by atoms with E-state index < -0.39 is 31.0 Å². The monoisotopic (exact) mass is 646 g/mol. The van der Waals surface area contributed by atoms with Crippen LogP contribution < -0.4 is 16.0 Å². The first-order chi connectivity index (χ1) is 19.4. The molecule has 13 nitrogen and oxygen atoms in total. The zero-order valence-electron chi connectivity index (χ0n) is 23.7. The summed E-state index contributed by atoms with van der Waals surface area (Å²) in [5, 5.41) is 18.8. The smallest absolute Gasteiger partial charge is 0.297 e. The van der Waals surface area contributed by atoms with Gasteiger partial charge in [0.05, 0.1) is 12.3 Å². The summed E-state index contributed by atoms with van der Waals surface area (Å²) in [5.41, 5.74) is 0.781. The number of hydrogen-bond acceptors (Lipinski definition) is 11. The average Bonchev–Trinajstić information content (AvgIpc) is 2.92. The standard InChI is InChI=1S/C26H28N6O7S2.2Na/c1-32(16-17-33)26(30-21-10-3-2-4-11-21)28-18-27-25(31-26)29-22-12-7-9-20(24(22)41(37,38)39)15-14-19-8-5-6-13-23(19)40(34,35)36;;/h2-15,18,30,33H,16-17H2,1H3,(H,34,35,36)(H,37,38,39)(H2,27,28,29,31);;. The summed E-state index contributed by atoms with van der Waals surface area (Å²) in [6.07, 6.45) is 3.86. The molecule has 218 valence electrons. The van der Waals surface area contributed by atoms with E-state index in [1.54, 1.807) is 18.0 Å². The Morgan fingerprint density at radius 2 is 1.51 bits per heavy atom. The van der Waals surface area contributed by atoms with E-state index in [0.29, 0.717) is 5.69 Å². The second kappa shape index (κ2) is 15.7. The number of benzene rings is 3. The van der Waals surface area contributed by atoms with Gasteiger partial charge in [-0.15, -0.1) is 0 Å². The van der Waals surface area contributed by atoms with Crippen LogP contribution in [0.15, 0.2) is 92.6 Å². The van der Waals surface area contributed by atoms with Crippen molar-refractivity contribution in [2.24, 2.45) is 9.98 Å². The van der Waals surface area contributed by atoms with Gasteiger partial charge >= 0.3 is 0 Å². The van der Waals surface area contributed by atoms with E-state index in [4.69, 9.17) is 0 Å². The largest absolute Gasteiger partial charge is 0.395 e. The number of nitrogens with one attached hydrogen (secondary N) is 3. The minimum Gasteiger partial charge on any atom is -0.395 e. The number of aliphatic hydroxyl groups excluding tert-OH is 1. The molecule has 0 amide bonds. The van der Waals surface area contributed by atoms with Crippen molar-refractivity contribution in [3.05, 3.63) is 83.9 Å². The zero-order chi connectivity index (χ0) is 29.7. The number of rotatable bonds is 10. The molecule has 0 aliphatic carbocycles. The molecule has 1 aliphatic rings. The summed E-state index contributed by atoms with van der Waals surface area (Å²) in [5.74, 6) is -1.26. The molecule has 43 heavy (non-hydrogen) atoms. The van der Waals surface area contributed by atoms with Crippen LogP contribution in [0.2, 0.25) is 0 Å². The molecule has 3 aromatic rings. The molecular weight excluding hydrogens is 618 g/mol. The van der Waals surface area contributed by atoms with Crippen molar-refractivity contribution < 1.29 is 31.0 Å². The predicted molar refractivity (Wildman–Crippen MR) is 168 cm³/mol. The molecule has 0 spiro atoms. The van der Waals surface area contributed by atoms with Gasteiger partial charge in [-0.05, 0) is 42.4 Å². The number of nitrogens with zero attached hydrogens (tertiary/aromatic N) is 3. The van der Waals surface area contributed by atoms with Gasteiger partial charge in [0, 0.05) is 71.3 Å². The molecule has 0 bridgehead atoms. The van der Waals surface area contributed by atoms with E-state index in [0.717, 1.165) is 0 Å². The minimum absolute atomic E-state index is 0. The van der Waals surface area contributed by atoms with Gasteiger partial charge in [-0.1, -0.05) is 60.7 Å². The third-order valence-corrected chi connectivity index (χ3v) is 7.90. The summed E-state index contributed by atoms with van der Waals surface area (Å²) in [7, 11) is -7.65. The van der Waals surface area contributed by atoms with Crippen LogP contribution in [0.25, 0.3) is 12.2 Å². The van der Waals surface area contributed by atoms with Gasteiger partial charge in [0.1, 0.15) is 16.1 Å². The normalized spacial score (nSPS) is 16.5. The van der Waals surface area contributed by atoms with Crippen LogP contribution in [0.1, 0.15) is 11.1 Å². The fraction of sp³-hybridized carbons (Fsp3) is 0.154. The van der Waals surface area contributed by atoms with E-state index >= 15 is 0 Å². The van der Waals surface area contributed by atoms with E-state index in [9.17, 15) is 31.0 Å². The Bertz CT molecular complexity index is 1720. The first kappa shape index (κ1) is 37.1. The van der Waals surface area contributed by atoms with Crippen LogP contribution in [0.3, 0.4) is 0 Å². The van der Waals surface area contributed by atoms with Gasteiger partial charge in [0.25, 0.3) is 26.1 Å². The van der Waals surface area contributed by atoms with Crippen molar-refractivity contribution in [3.8, 4) is 0 Å². The Kier molecular flexibility index (Phi) is 13.6. The Hall–Kier alpha value is -2.12. The van der Waals surface area contributed by atoms with Crippen LogP contribution >= 0.6 is 0 Å². The van der Waals surface area contributed by atoms with E-state index in [1.165, 1.54) is 54.9 Å². The average molecular weight is 647 g/mol. The van der Waals surface area contributed by atoms with Gasteiger partial charge in [-0.2, -0.15) is 16.8 Å². The number of likely N-dealkylation sites (N-methyl/N-ethyl adjacent to an activating group) is 1. The van der Waals surface area contributed by atoms with Crippen LogP contribution in [-0.4, -0.2) is 133 Å². The number of aliphatic imine (C=N–C) groups is 2. The van der Waals surface area contributed by atoms with Crippen molar-refractivity contribution in [2.45, 2.75) is 15.7 Å². The summed E-state index contributed by atoms with van der Waals surface area (Å²) in [6, 6.07) is 19.1. The molecular formula is C26H28N6Na2O7S2. The molecule has 1 atom stereocenters. The van der Waals surface area contributed by atoms with E-state index in [1.807, 2.05) is 30.3 Å². The minimum atomic E-state index is -4.82. The molecule has 2 radical (unpaired) electrons. The molecule has 3 aromatic carbocycles. The topological polar surface area (TPSA) is 193 Å². The molecule has 0 saturated heterocycles. The first-order valence-electron chi connectivity index (χ1n) is 12.1. The van der Waals surface area contributed by atoms with E-state index in [-0.39, 0.29) is 99.9 Å². The Morgan fingerprint density at radius 1 is 0.884 bits per heavy atom. The predicted octanol–water partition coefficient (Wildman–Crippen LogP) is 1.64. The zero-order valence-corrected chi connectivity index (χ0v) is 29.3. The van der Waals surface area contributed by atoms with Crippen LogP contribution in [-0.2, 0) is 20.2 Å². The van der Waals surface area contributed by atoms with Gasteiger partial charge in [0.15, 0.2) is 0 Å². The number of para-hydroxylation sites is 1. The van der Waals surface area contributed by atoms with E-state index in [2.05, 4.69) is 25.9 Å². The van der Waals surface area contributed by atoms with Crippen molar-refractivity contribution >= 4 is 115 Å². The molecule has 1 aliphatic heterocycles. The Balaban J connectivity index is 0.00000323. The molecule has 1 unspecified atom stereocenters. The van der Waals surface area contributed by atoms with Gasteiger partial charge in [-0.25, -0.2) is 14.9 Å². The van der Waals surface area contributed by atoms with Gasteiger partial charge < -0.3 is 21.1 Å². The van der Waals surface area contributed by atoms with Crippen LogP contribution in [0.4, 0.5) is 11.4 Å². The number of hydrogen-bond donors (Lipinski definition) is 6. The molecule has 0 aromatic heterocycles. The number of guanidine groups is 1. The molecule has 1 heterocycles. The maximum absolute atomic E-state index is 12.5. The second-order valence-electron chi connectivity index (χ2n) is 8.83. The SMILES string of the molecule is CN(CCO)C1(Nc2ccccc2)N=CN=C(Nc2cccc(C=Cc3ccccc3S(=O)(=O)O)c2S(=O)(=O)O)N1.[Na].[Na]. The Morgan fingerprint density at radius 3 is 2.16 bits per heavy atom. The third kappa shape index (κ3) is 9.43. The molecule has 0 saturated carbocycles. The summed E-state index contributed by atoms with van der Waals surface area (Å²) in [4.78, 5) is 9.43. The van der Waals surface area contributed by atoms with Gasteiger partial charge in [0.2, 0.25) is 5.96 Å². The third-order valence-electron chi connectivity index (χ3n) is 6.00. The van der Waals surface area contributed by atoms with Gasteiger partial charge in [-0.3, -0.25) is 9.11 Å². The maximum atomic E-state index is 12.5. The van der Waals surface area contributed by atoms with Crippen molar-refractivity contribution in [2.75, 3.05) is 30.8 Å². The molecule has 17 heteroatoms. The summed E-state index contributed by atoms with van der Waals surface area (Å²) in [6.45, 7) is 0.0346. The number of aliphatic hydroxyl groups is 1. The quantitative estimate of drug-likeness (QED) is 0.0812. The Labute approximate surface area is 294 Å². The van der Waals surface area contributed by atoms with Crippen molar-refractivity contribution in [1.82, 2.24) is 10.2 Å². The number of anilines is 2. The maximum Gasteiger partial charge on any atom is 0.297 e. The first-order valence-corrected chi connectivity index (χ1v) is 15.0. The second-order valence-corrected chi connectivity index (χ2v) is 11.6. The molecule has 0 fully saturated rings. The van der Waals surface area contributed by atoms with Crippen molar-refractivity contribution in [1.29, 1.82) is 0 Å². The molecule has 6 N–H and O–H groups in total. The van der Waals surface area contributed by atoms with Crippen molar-refractivity contribution in [3.63, 3.8) is 0 Å². The molecule has 4 rings (SSSR count). The fourth-order valence-corrected chi connectivity index (χ4v) is 5.60. The fourth-order valence-electron chi connectivity index (χ4n) is 4.08. The summed E-state index contributed by atoms with van der Waals surface area (Å²) < 4.78 is 68.2. The van der Waals surface area contributed by atoms with Crippen LogP contribution in [0, 0.1) is 0 Å². The summed E-state index contributed by atoms with van der Waals surface area (Å²) >= 11 is 0. The van der Waals surface area contributed by atoms with Crippen LogP contribution in [0.5, 0.6) is 0 Å².